The summed E-state index contributed by atoms with van der Waals surface area (Å²) in [6.45, 7) is 11.2. The maximum atomic E-state index is 12.7. The lowest BCUT2D eigenvalue weighted by atomic mass is 9.72. The third kappa shape index (κ3) is 10.8. The van der Waals surface area contributed by atoms with Crippen LogP contribution in [0.4, 0.5) is 0 Å². The Labute approximate surface area is 184 Å². The van der Waals surface area contributed by atoms with Crippen molar-refractivity contribution in [3.63, 3.8) is 0 Å². The van der Waals surface area contributed by atoms with Crippen LogP contribution in [0.25, 0.3) is 0 Å². The minimum absolute atomic E-state index is 0.0494. The van der Waals surface area contributed by atoms with Crippen LogP contribution in [0.3, 0.4) is 0 Å². The lowest BCUT2D eigenvalue weighted by Crippen LogP contribution is -2.39. The van der Waals surface area contributed by atoms with E-state index in [0.717, 1.165) is 12.8 Å². The summed E-state index contributed by atoms with van der Waals surface area (Å²) in [7, 11) is 0. The van der Waals surface area contributed by atoms with Crippen LogP contribution in [0.1, 0.15) is 112 Å². The van der Waals surface area contributed by atoms with E-state index in [1.165, 1.54) is 51.4 Å². The van der Waals surface area contributed by atoms with Crippen molar-refractivity contribution in [2.24, 2.45) is 10.8 Å². The van der Waals surface area contributed by atoms with Gasteiger partial charge in [0.25, 0.3) is 0 Å². The van der Waals surface area contributed by atoms with Crippen molar-refractivity contribution in [3.05, 3.63) is 0 Å². The van der Waals surface area contributed by atoms with Gasteiger partial charge in [-0.2, -0.15) is 0 Å². The van der Waals surface area contributed by atoms with Gasteiger partial charge in [-0.15, -0.1) is 0 Å². The molecule has 0 aliphatic carbocycles. The summed E-state index contributed by atoms with van der Waals surface area (Å²) in [6.07, 6.45) is 13.6. The molecule has 2 unspecified atom stereocenters. The molecule has 0 saturated carbocycles. The molecule has 176 valence electrons. The highest BCUT2D eigenvalue weighted by Gasteiger charge is 2.43. The van der Waals surface area contributed by atoms with Crippen LogP contribution in [0.5, 0.6) is 0 Å². The van der Waals surface area contributed by atoms with Crippen LogP contribution in [0.15, 0.2) is 0 Å². The molecule has 2 atom stereocenters. The number of hydrogen-bond acceptors (Lipinski definition) is 5. The maximum Gasteiger partial charge on any atom is 0.311 e. The minimum Gasteiger partial charge on any atom is -0.465 e. The van der Waals surface area contributed by atoms with Gasteiger partial charge in [-0.05, 0) is 40.0 Å². The summed E-state index contributed by atoms with van der Waals surface area (Å²) in [5.74, 6) is -0.479. The standard InChI is InChI=1S/C25H46O5/c1-6-8-9-10-11-12-13-14-15-16-17-28-23(27)25(5,7-2)20-24(3,4)22(26)30-19-21-18-29-21/h21H,6-20H2,1-5H3. The first kappa shape index (κ1) is 26.9. The molecule has 0 spiro atoms. The number of hydrogen-bond donors (Lipinski definition) is 0. The highest BCUT2D eigenvalue weighted by Crippen LogP contribution is 2.38. The van der Waals surface area contributed by atoms with E-state index >= 15 is 0 Å². The number of carbonyl (C=O) groups is 2. The average Bonchev–Trinajstić information content (AvgIpc) is 3.54. The van der Waals surface area contributed by atoms with Crippen LogP contribution >= 0.6 is 0 Å². The Morgan fingerprint density at radius 1 is 0.833 bits per heavy atom. The second kappa shape index (κ2) is 14.1. The molecule has 5 nitrogen and oxygen atoms in total. The lowest BCUT2D eigenvalue weighted by molar-refractivity contribution is -0.163. The van der Waals surface area contributed by atoms with E-state index in [1.54, 1.807) is 0 Å². The molecule has 0 aromatic heterocycles. The normalized spacial score (nSPS) is 18.0. The van der Waals surface area contributed by atoms with E-state index < -0.39 is 10.8 Å². The number of carbonyl (C=O) groups excluding carboxylic acids is 2. The first-order valence-electron chi connectivity index (χ1n) is 12.2. The number of unbranched alkanes of at least 4 members (excludes halogenated alkanes) is 9. The van der Waals surface area contributed by atoms with Gasteiger partial charge in [0, 0.05) is 0 Å². The van der Waals surface area contributed by atoms with E-state index in [1.807, 2.05) is 27.7 Å². The van der Waals surface area contributed by atoms with Gasteiger partial charge < -0.3 is 14.2 Å². The predicted molar refractivity (Wildman–Crippen MR) is 120 cm³/mol. The Morgan fingerprint density at radius 2 is 1.37 bits per heavy atom. The van der Waals surface area contributed by atoms with Crippen molar-refractivity contribution in [1.82, 2.24) is 0 Å². The van der Waals surface area contributed by atoms with E-state index in [2.05, 4.69) is 6.92 Å². The van der Waals surface area contributed by atoms with E-state index in [4.69, 9.17) is 14.2 Å². The molecule has 1 rings (SSSR count). The molecule has 0 bridgehead atoms. The fourth-order valence-corrected chi connectivity index (χ4v) is 3.85. The molecule has 5 heteroatoms. The smallest absolute Gasteiger partial charge is 0.311 e. The van der Waals surface area contributed by atoms with Gasteiger partial charge in [-0.25, -0.2) is 0 Å². The summed E-state index contributed by atoms with van der Waals surface area (Å²) >= 11 is 0. The Bertz CT molecular complexity index is 498. The minimum atomic E-state index is -0.740. The van der Waals surface area contributed by atoms with Crippen molar-refractivity contribution in [2.75, 3.05) is 19.8 Å². The molecule has 1 fully saturated rings. The fourth-order valence-electron chi connectivity index (χ4n) is 3.85. The zero-order valence-corrected chi connectivity index (χ0v) is 20.2. The molecule has 30 heavy (non-hydrogen) atoms. The SMILES string of the molecule is CCCCCCCCCCCCOC(=O)C(C)(CC)CC(C)(C)C(=O)OCC1CO1. The van der Waals surface area contributed by atoms with Gasteiger partial charge in [0.2, 0.25) is 0 Å². The first-order valence-corrected chi connectivity index (χ1v) is 12.2. The summed E-state index contributed by atoms with van der Waals surface area (Å²) in [4.78, 5) is 25.2. The summed E-state index contributed by atoms with van der Waals surface area (Å²) < 4.78 is 16.0. The van der Waals surface area contributed by atoms with Crippen LogP contribution in [0.2, 0.25) is 0 Å². The monoisotopic (exact) mass is 426 g/mol. The number of rotatable bonds is 18. The Hall–Kier alpha value is -1.10. The number of ether oxygens (including phenoxy) is 3. The van der Waals surface area contributed by atoms with Gasteiger partial charge >= 0.3 is 11.9 Å². The van der Waals surface area contributed by atoms with Crippen LogP contribution in [-0.4, -0.2) is 37.9 Å². The zero-order valence-electron chi connectivity index (χ0n) is 20.2. The maximum absolute atomic E-state index is 12.7. The summed E-state index contributed by atoms with van der Waals surface area (Å²) in [5.41, 5.74) is -1.42. The molecule has 0 N–H and O–H groups in total. The molecule has 0 aromatic carbocycles. The van der Waals surface area contributed by atoms with Crippen molar-refractivity contribution >= 4 is 11.9 Å². The van der Waals surface area contributed by atoms with Crippen LogP contribution in [-0.2, 0) is 23.8 Å². The molecule has 0 aromatic rings. The highest BCUT2D eigenvalue weighted by atomic mass is 16.6. The van der Waals surface area contributed by atoms with E-state index in [9.17, 15) is 9.59 Å². The predicted octanol–water partition coefficient (Wildman–Crippen LogP) is 6.23. The molecule has 1 aliphatic heterocycles. The van der Waals surface area contributed by atoms with Crippen molar-refractivity contribution in [1.29, 1.82) is 0 Å². The molecule has 0 amide bonds. The van der Waals surface area contributed by atoms with Crippen LogP contribution in [0, 0.1) is 10.8 Å². The second-order valence-electron chi connectivity index (χ2n) is 9.85. The first-order chi connectivity index (χ1) is 14.2. The highest BCUT2D eigenvalue weighted by molar-refractivity contribution is 5.80. The Morgan fingerprint density at radius 3 is 1.87 bits per heavy atom. The molecule has 1 saturated heterocycles. The summed E-state index contributed by atoms with van der Waals surface area (Å²) in [5, 5.41) is 0. The topological polar surface area (TPSA) is 65.1 Å². The molecule has 1 aliphatic rings. The lowest BCUT2D eigenvalue weighted by Gasteiger charge is -2.33. The third-order valence-corrected chi connectivity index (χ3v) is 6.19. The summed E-state index contributed by atoms with van der Waals surface area (Å²) in [6, 6.07) is 0. The van der Waals surface area contributed by atoms with Crippen molar-refractivity contribution in [3.8, 4) is 0 Å². The number of esters is 2. The third-order valence-electron chi connectivity index (χ3n) is 6.19. The van der Waals surface area contributed by atoms with Gasteiger partial charge in [0.05, 0.1) is 24.0 Å². The van der Waals surface area contributed by atoms with Gasteiger partial charge in [0.15, 0.2) is 0 Å². The Kier molecular flexibility index (Phi) is 12.6. The van der Waals surface area contributed by atoms with Gasteiger partial charge in [-0.3, -0.25) is 9.59 Å². The second-order valence-corrected chi connectivity index (χ2v) is 9.85. The van der Waals surface area contributed by atoms with Crippen molar-refractivity contribution < 1.29 is 23.8 Å². The molecule has 1 heterocycles. The largest absolute Gasteiger partial charge is 0.465 e. The quantitative estimate of drug-likeness (QED) is 0.148. The van der Waals surface area contributed by atoms with Crippen molar-refractivity contribution in [2.45, 2.75) is 118 Å². The van der Waals surface area contributed by atoms with Crippen LogP contribution < -0.4 is 0 Å². The average molecular weight is 427 g/mol. The zero-order chi connectivity index (χ0) is 22.5. The number of epoxide rings is 1. The molecular formula is C25H46O5. The van der Waals surface area contributed by atoms with Gasteiger partial charge in [-0.1, -0.05) is 71.6 Å². The van der Waals surface area contributed by atoms with E-state index in [0.29, 0.717) is 32.7 Å². The molecule has 0 radical (unpaired) electrons. The van der Waals surface area contributed by atoms with Gasteiger partial charge in [0.1, 0.15) is 12.7 Å². The van der Waals surface area contributed by atoms with E-state index in [-0.39, 0.29) is 18.0 Å². The molecular weight excluding hydrogens is 380 g/mol. The Balaban J connectivity index is 2.22. The fraction of sp³-hybridized carbons (Fsp3) is 0.920.